The second-order valence-corrected chi connectivity index (χ2v) is 10.6. The summed E-state index contributed by atoms with van der Waals surface area (Å²) in [6, 6.07) is 18.3. The minimum absolute atomic E-state index is 0.194. The monoisotopic (exact) mass is 627 g/mol. The number of carbonyl (C=O) groups excluding carboxylic acids is 1. The number of amides is 1. The van der Waals surface area contributed by atoms with E-state index >= 15 is 0 Å². The maximum atomic E-state index is 13.1. The van der Waals surface area contributed by atoms with Gasteiger partial charge >= 0.3 is 0 Å². The maximum Gasteiger partial charge on any atom is 0.270 e. The van der Waals surface area contributed by atoms with Crippen LogP contribution in [0.2, 0.25) is 10.0 Å². The number of carbonyl (C=O) groups is 1. The molecule has 168 valence electrons. The Morgan fingerprint density at radius 2 is 1.91 bits per heavy atom. The van der Waals surface area contributed by atoms with Crippen molar-refractivity contribution in [1.82, 2.24) is 0 Å². The zero-order valence-corrected chi connectivity index (χ0v) is 22.5. The maximum absolute atomic E-state index is 13.1. The van der Waals surface area contributed by atoms with Crippen LogP contribution in [0.25, 0.3) is 6.08 Å². The van der Waals surface area contributed by atoms with Crippen molar-refractivity contribution >= 4 is 91.8 Å². The van der Waals surface area contributed by atoms with Gasteiger partial charge in [0.05, 0.1) is 21.3 Å². The Bertz CT molecular complexity index is 1280. The van der Waals surface area contributed by atoms with Crippen LogP contribution in [0.4, 0.5) is 5.69 Å². The van der Waals surface area contributed by atoms with Gasteiger partial charge in [0.25, 0.3) is 5.91 Å². The number of ether oxygens (including phenoxy) is 2. The van der Waals surface area contributed by atoms with Gasteiger partial charge in [-0.3, -0.25) is 9.69 Å². The molecule has 4 rings (SSSR count). The van der Waals surface area contributed by atoms with Crippen LogP contribution in [0.15, 0.2) is 65.6 Å². The van der Waals surface area contributed by atoms with Gasteiger partial charge in [-0.1, -0.05) is 71.4 Å². The SMILES string of the molecule is COc1cc(/C=C2\SC(=S)N(c3cccc(Cl)c3)C2=O)cc(I)c1OCc1ccccc1Cl. The third-order valence-corrected chi connectivity index (χ3v) is 7.45. The molecule has 9 heteroatoms. The van der Waals surface area contributed by atoms with E-state index in [9.17, 15) is 4.79 Å². The average molecular weight is 628 g/mol. The molecule has 0 radical (unpaired) electrons. The zero-order valence-electron chi connectivity index (χ0n) is 17.2. The summed E-state index contributed by atoms with van der Waals surface area (Å²) >= 11 is 21.2. The first-order valence-corrected chi connectivity index (χ1v) is 12.7. The lowest BCUT2D eigenvalue weighted by Crippen LogP contribution is -2.27. The van der Waals surface area contributed by atoms with Gasteiger partial charge in [-0.2, -0.15) is 0 Å². The molecule has 3 aromatic carbocycles. The average Bonchev–Trinajstić information content (AvgIpc) is 3.06. The molecule has 0 unspecified atom stereocenters. The van der Waals surface area contributed by atoms with E-state index in [0.29, 0.717) is 43.1 Å². The van der Waals surface area contributed by atoms with Gasteiger partial charge < -0.3 is 9.47 Å². The highest BCUT2D eigenvalue weighted by molar-refractivity contribution is 14.1. The van der Waals surface area contributed by atoms with Crippen molar-refractivity contribution in [3.05, 3.63) is 90.3 Å². The zero-order chi connectivity index (χ0) is 23.5. The predicted molar refractivity (Wildman–Crippen MR) is 149 cm³/mol. The van der Waals surface area contributed by atoms with E-state index < -0.39 is 0 Å². The van der Waals surface area contributed by atoms with E-state index in [2.05, 4.69) is 22.6 Å². The second-order valence-electron chi connectivity index (χ2n) is 6.91. The van der Waals surface area contributed by atoms with Crippen molar-refractivity contribution < 1.29 is 14.3 Å². The Morgan fingerprint density at radius 1 is 1.12 bits per heavy atom. The summed E-state index contributed by atoms with van der Waals surface area (Å²) < 4.78 is 12.9. The fraction of sp³-hybridized carbons (Fsp3) is 0.0833. The largest absolute Gasteiger partial charge is 0.493 e. The molecule has 33 heavy (non-hydrogen) atoms. The molecule has 4 nitrogen and oxygen atoms in total. The molecule has 3 aromatic rings. The molecule has 0 aromatic heterocycles. The third-order valence-electron chi connectivity index (χ3n) is 4.74. The standard InChI is InChI=1S/C24H16Cl2INO3S2/c1-30-20-10-14(9-19(27)22(20)31-13-15-5-2-3-8-18(15)26)11-21-23(29)28(24(32)33-21)17-7-4-6-16(25)12-17/h2-12H,13H2,1H3/b21-11-. The lowest BCUT2D eigenvalue weighted by atomic mass is 10.1. The van der Waals surface area contributed by atoms with Gasteiger partial charge in [-0.25, -0.2) is 0 Å². The first-order chi connectivity index (χ1) is 15.9. The summed E-state index contributed by atoms with van der Waals surface area (Å²) in [6.07, 6.45) is 1.80. The van der Waals surface area contributed by atoms with Crippen LogP contribution < -0.4 is 14.4 Å². The Kier molecular flexibility index (Phi) is 7.86. The van der Waals surface area contributed by atoms with E-state index in [0.717, 1.165) is 14.7 Å². The molecule has 0 saturated carbocycles. The van der Waals surface area contributed by atoms with Gasteiger partial charge in [0, 0.05) is 15.6 Å². The molecule has 1 heterocycles. The van der Waals surface area contributed by atoms with Gasteiger partial charge in [0.15, 0.2) is 15.8 Å². The summed E-state index contributed by atoms with van der Waals surface area (Å²) in [5, 5.41) is 1.18. The number of anilines is 1. The molecular formula is C24H16Cl2INO3S2. The van der Waals surface area contributed by atoms with E-state index in [1.807, 2.05) is 36.4 Å². The minimum Gasteiger partial charge on any atom is -0.493 e. The first-order valence-electron chi connectivity index (χ1n) is 9.64. The summed E-state index contributed by atoms with van der Waals surface area (Å²) in [5.41, 5.74) is 2.32. The molecule has 0 bridgehead atoms. The minimum atomic E-state index is -0.194. The third kappa shape index (κ3) is 5.49. The number of hydrogen-bond donors (Lipinski definition) is 0. The van der Waals surface area contributed by atoms with Crippen molar-refractivity contribution in [2.75, 3.05) is 12.0 Å². The van der Waals surface area contributed by atoms with Crippen molar-refractivity contribution in [1.29, 1.82) is 0 Å². The lowest BCUT2D eigenvalue weighted by Gasteiger charge is -2.15. The molecule has 1 aliphatic rings. The Morgan fingerprint density at radius 3 is 2.64 bits per heavy atom. The molecule has 0 N–H and O–H groups in total. The number of hydrogen-bond acceptors (Lipinski definition) is 5. The summed E-state index contributed by atoms with van der Waals surface area (Å²) in [5.74, 6) is 0.979. The summed E-state index contributed by atoms with van der Waals surface area (Å²) in [4.78, 5) is 15.1. The van der Waals surface area contributed by atoms with E-state index in [4.69, 9.17) is 44.9 Å². The van der Waals surface area contributed by atoms with Gasteiger partial charge in [0.2, 0.25) is 0 Å². The summed E-state index contributed by atoms with van der Waals surface area (Å²) in [6.45, 7) is 0.309. The molecule has 1 amide bonds. The van der Waals surface area contributed by atoms with Crippen LogP contribution in [-0.4, -0.2) is 17.3 Å². The smallest absolute Gasteiger partial charge is 0.270 e. The first kappa shape index (κ1) is 24.3. The predicted octanol–water partition coefficient (Wildman–Crippen LogP) is 7.59. The highest BCUT2D eigenvalue weighted by Gasteiger charge is 2.33. The van der Waals surface area contributed by atoms with Crippen LogP contribution >= 0.6 is 69.8 Å². The van der Waals surface area contributed by atoms with Crippen LogP contribution in [0.5, 0.6) is 11.5 Å². The van der Waals surface area contributed by atoms with Crippen LogP contribution in [0.3, 0.4) is 0 Å². The highest BCUT2D eigenvalue weighted by atomic mass is 127. The highest BCUT2D eigenvalue weighted by Crippen LogP contribution is 2.39. The van der Waals surface area contributed by atoms with Gasteiger partial charge in [-0.05, 0) is 70.6 Å². The second kappa shape index (κ2) is 10.7. The number of thiocarbonyl (C=S) groups is 1. The molecule has 1 aliphatic heterocycles. The molecular weight excluding hydrogens is 612 g/mol. The Labute approximate surface area is 225 Å². The number of benzene rings is 3. The topological polar surface area (TPSA) is 38.8 Å². The fourth-order valence-electron chi connectivity index (χ4n) is 3.19. The van der Waals surface area contributed by atoms with Gasteiger partial charge in [0.1, 0.15) is 6.61 Å². The van der Waals surface area contributed by atoms with Crippen molar-refractivity contribution in [3.63, 3.8) is 0 Å². The van der Waals surface area contributed by atoms with Crippen molar-refractivity contribution in [2.45, 2.75) is 6.61 Å². The lowest BCUT2D eigenvalue weighted by molar-refractivity contribution is -0.113. The van der Waals surface area contributed by atoms with Crippen LogP contribution in [0.1, 0.15) is 11.1 Å². The molecule has 1 saturated heterocycles. The van der Waals surface area contributed by atoms with Crippen molar-refractivity contribution in [2.24, 2.45) is 0 Å². The molecule has 0 spiro atoms. The van der Waals surface area contributed by atoms with E-state index in [1.165, 1.54) is 16.7 Å². The quantitative estimate of drug-likeness (QED) is 0.160. The fourth-order valence-corrected chi connectivity index (χ4v) is 5.64. The summed E-state index contributed by atoms with van der Waals surface area (Å²) in [7, 11) is 1.58. The number of methoxy groups -OCH3 is 1. The van der Waals surface area contributed by atoms with E-state index in [-0.39, 0.29) is 5.91 Å². The normalized spacial score (nSPS) is 14.8. The molecule has 1 fully saturated rings. The van der Waals surface area contributed by atoms with E-state index in [1.54, 1.807) is 37.5 Å². The van der Waals surface area contributed by atoms with Crippen molar-refractivity contribution in [3.8, 4) is 11.5 Å². The van der Waals surface area contributed by atoms with Crippen LogP contribution in [-0.2, 0) is 11.4 Å². The number of thioether (sulfide) groups is 1. The van der Waals surface area contributed by atoms with Crippen LogP contribution in [0, 0.1) is 3.57 Å². The number of rotatable bonds is 6. The molecule has 0 atom stereocenters. The Hall–Kier alpha value is -1.78. The number of nitrogens with zero attached hydrogens (tertiary/aromatic N) is 1. The Balaban J connectivity index is 1.59. The van der Waals surface area contributed by atoms with Gasteiger partial charge in [-0.15, -0.1) is 0 Å². The molecule has 0 aliphatic carbocycles. The number of halogens is 3.